The van der Waals surface area contributed by atoms with Gasteiger partial charge in [0.15, 0.2) is 5.65 Å². The molecule has 1 aromatic carbocycles. The number of rotatable bonds is 2. The molecule has 4 rings (SSSR count). The standard InChI is InChI=1S/C17H20N4O/c1-11-10-16-19-17(18-12-6-8-13(22)9-7-12)14-4-2-3-5-15(14)21(16)20-11/h2-5,10,12-13,22H,6-9H2,1H3,(H,18,19). The van der Waals surface area contributed by atoms with E-state index in [4.69, 9.17) is 4.98 Å². The summed E-state index contributed by atoms with van der Waals surface area (Å²) in [6, 6.07) is 10.6. The summed E-state index contributed by atoms with van der Waals surface area (Å²) in [7, 11) is 0. The van der Waals surface area contributed by atoms with Crippen LogP contribution in [-0.4, -0.2) is 31.9 Å². The molecule has 0 atom stereocenters. The number of benzene rings is 1. The van der Waals surface area contributed by atoms with Crippen LogP contribution in [0, 0.1) is 6.92 Å². The van der Waals surface area contributed by atoms with Crippen molar-refractivity contribution in [3.8, 4) is 0 Å². The molecule has 0 spiro atoms. The molecule has 3 aromatic rings. The van der Waals surface area contributed by atoms with E-state index in [-0.39, 0.29) is 6.10 Å². The van der Waals surface area contributed by atoms with E-state index in [1.54, 1.807) is 0 Å². The lowest BCUT2D eigenvalue weighted by Crippen LogP contribution is -2.28. The first-order valence-electron chi connectivity index (χ1n) is 7.90. The van der Waals surface area contributed by atoms with Crippen LogP contribution in [0.1, 0.15) is 31.4 Å². The van der Waals surface area contributed by atoms with E-state index in [9.17, 15) is 5.11 Å². The number of hydrogen-bond donors (Lipinski definition) is 2. The van der Waals surface area contributed by atoms with E-state index in [0.29, 0.717) is 6.04 Å². The Morgan fingerprint density at radius 2 is 1.95 bits per heavy atom. The summed E-state index contributed by atoms with van der Waals surface area (Å²) in [4.78, 5) is 4.76. The number of aliphatic hydroxyl groups excluding tert-OH is 1. The molecule has 0 saturated heterocycles. The monoisotopic (exact) mass is 296 g/mol. The molecule has 114 valence electrons. The van der Waals surface area contributed by atoms with Crippen LogP contribution in [0.4, 0.5) is 5.82 Å². The quantitative estimate of drug-likeness (QED) is 0.763. The van der Waals surface area contributed by atoms with Crippen molar-refractivity contribution in [1.82, 2.24) is 14.6 Å². The third kappa shape index (κ3) is 2.31. The van der Waals surface area contributed by atoms with Crippen LogP contribution >= 0.6 is 0 Å². The molecule has 1 aliphatic rings. The highest BCUT2D eigenvalue weighted by molar-refractivity contribution is 5.91. The summed E-state index contributed by atoms with van der Waals surface area (Å²) in [6.45, 7) is 1.99. The number of fused-ring (bicyclic) bond motifs is 3. The average molecular weight is 296 g/mol. The number of aliphatic hydroxyl groups is 1. The Bertz CT molecular complexity index is 818. The molecule has 1 saturated carbocycles. The number of nitrogens with zero attached hydrogens (tertiary/aromatic N) is 3. The summed E-state index contributed by atoms with van der Waals surface area (Å²) in [6.07, 6.45) is 3.57. The third-order valence-electron chi connectivity index (χ3n) is 4.46. The maximum absolute atomic E-state index is 9.65. The minimum Gasteiger partial charge on any atom is -0.393 e. The molecule has 22 heavy (non-hydrogen) atoms. The fourth-order valence-corrected chi connectivity index (χ4v) is 3.30. The smallest absolute Gasteiger partial charge is 0.158 e. The SMILES string of the molecule is Cc1cc2nc(NC3CCC(O)CC3)c3ccccc3n2n1. The number of para-hydroxylation sites is 1. The van der Waals surface area contributed by atoms with Crippen molar-refractivity contribution in [3.63, 3.8) is 0 Å². The zero-order valence-electron chi connectivity index (χ0n) is 12.7. The van der Waals surface area contributed by atoms with Crippen LogP contribution in [0.25, 0.3) is 16.6 Å². The Balaban J connectivity index is 1.78. The molecule has 5 heteroatoms. The zero-order valence-corrected chi connectivity index (χ0v) is 12.7. The predicted octanol–water partition coefficient (Wildman–Crippen LogP) is 2.91. The number of aryl methyl sites for hydroxylation is 1. The fraction of sp³-hybridized carbons (Fsp3) is 0.412. The van der Waals surface area contributed by atoms with E-state index in [2.05, 4.69) is 22.5 Å². The Hall–Kier alpha value is -2.14. The van der Waals surface area contributed by atoms with E-state index >= 15 is 0 Å². The first kappa shape index (κ1) is 13.5. The van der Waals surface area contributed by atoms with Crippen molar-refractivity contribution in [2.45, 2.75) is 44.8 Å². The lowest BCUT2D eigenvalue weighted by Gasteiger charge is -2.27. The predicted molar refractivity (Wildman–Crippen MR) is 87.1 cm³/mol. The summed E-state index contributed by atoms with van der Waals surface area (Å²) in [5, 5.41) is 18.9. The molecule has 0 unspecified atom stereocenters. The van der Waals surface area contributed by atoms with Crippen LogP contribution in [0.3, 0.4) is 0 Å². The molecule has 2 N–H and O–H groups in total. The maximum Gasteiger partial charge on any atom is 0.158 e. The Labute approximate surface area is 129 Å². The third-order valence-corrected chi connectivity index (χ3v) is 4.46. The van der Waals surface area contributed by atoms with E-state index < -0.39 is 0 Å². The van der Waals surface area contributed by atoms with Gasteiger partial charge in [0.1, 0.15) is 5.82 Å². The van der Waals surface area contributed by atoms with Gasteiger partial charge in [-0.25, -0.2) is 9.50 Å². The molecule has 1 aliphatic carbocycles. The second kappa shape index (κ2) is 5.25. The summed E-state index contributed by atoms with van der Waals surface area (Å²) in [5.41, 5.74) is 2.91. The molecule has 2 aromatic heterocycles. The highest BCUT2D eigenvalue weighted by atomic mass is 16.3. The number of aromatic nitrogens is 3. The molecule has 0 bridgehead atoms. The number of nitrogens with one attached hydrogen (secondary N) is 1. The van der Waals surface area contributed by atoms with Crippen molar-refractivity contribution < 1.29 is 5.11 Å². The first-order valence-corrected chi connectivity index (χ1v) is 7.90. The Kier molecular flexibility index (Phi) is 3.22. The molecule has 0 radical (unpaired) electrons. The van der Waals surface area contributed by atoms with Crippen LogP contribution < -0.4 is 5.32 Å². The molecule has 0 aliphatic heterocycles. The fourth-order valence-electron chi connectivity index (χ4n) is 3.30. The van der Waals surface area contributed by atoms with Crippen LogP contribution in [0.15, 0.2) is 30.3 Å². The van der Waals surface area contributed by atoms with Crippen LogP contribution in [-0.2, 0) is 0 Å². The van der Waals surface area contributed by atoms with E-state index in [1.165, 1.54) is 0 Å². The molecular formula is C17H20N4O. The topological polar surface area (TPSA) is 62.5 Å². The van der Waals surface area contributed by atoms with E-state index in [0.717, 1.165) is 53.7 Å². The van der Waals surface area contributed by atoms with Crippen LogP contribution in [0.5, 0.6) is 0 Å². The largest absolute Gasteiger partial charge is 0.393 e. The molecule has 0 amide bonds. The van der Waals surface area contributed by atoms with Crippen molar-refractivity contribution in [2.24, 2.45) is 0 Å². The second-order valence-electron chi connectivity index (χ2n) is 6.18. The van der Waals surface area contributed by atoms with Gasteiger partial charge in [-0.3, -0.25) is 0 Å². The van der Waals surface area contributed by atoms with Crippen molar-refractivity contribution in [2.75, 3.05) is 5.32 Å². The second-order valence-corrected chi connectivity index (χ2v) is 6.18. The lowest BCUT2D eigenvalue weighted by atomic mass is 9.93. The van der Waals surface area contributed by atoms with Gasteiger partial charge in [0.05, 0.1) is 17.3 Å². The normalized spacial score (nSPS) is 22.3. The van der Waals surface area contributed by atoms with E-state index in [1.807, 2.05) is 29.6 Å². The highest BCUT2D eigenvalue weighted by Gasteiger charge is 2.20. The number of hydrogen-bond acceptors (Lipinski definition) is 4. The van der Waals surface area contributed by atoms with Gasteiger partial charge in [-0.15, -0.1) is 0 Å². The van der Waals surface area contributed by atoms with Gasteiger partial charge in [-0.05, 0) is 44.7 Å². The van der Waals surface area contributed by atoms with Crippen molar-refractivity contribution in [1.29, 1.82) is 0 Å². The van der Waals surface area contributed by atoms with Crippen LogP contribution in [0.2, 0.25) is 0 Å². The van der Waals surface area contributed by atoms with Crippen molar-refractivity contribution >= 4 is 22.4 Å². The highest BCUT2D eigenvalue weighted by Crippen LogP contribution is 2.27. The van der Waals surface area contributed by atoms with Gasteiger partial charge >= 0.3 is 0 Å². The molecule has 2 heterocycles. The van der Waals surface area contributed by atoms with Gasteiger partial charge in [0.2, 0.25) is 0 Å². The molecular weight excluding hydrogens is 276 g/mol. The summed E-state index contributed by atoms with van der Waals surface area (Å²) in [5.74, 6) is 0.921. The summed E-state index contributed by atoms with van der Waals surface area (Å²) >= 11 is 0. The lowest BCUT2D eigenvalue weighted by molar-refractivity contribution is 0.126. The van der Waals surface area contributed by atoms with Gasteiger partial charge < -0.3 is 10.4 Å². The minimum absolute atomic E-state index is 0.136. The zero-order chi connectivity index (χ0) is 15.1. The number of anilines is 1. The van der Waals surface area contributed by atoms with Gasteiger partial charge in [-0.1, -0.05) is 12.1 Å². The molecule has 5 nitrogen and oxygen atoms in total. The van der Waals surface area contributed by atoms with Gasteiger partial charge in [0, 0.05) is 17.5 Å². The van der Waals surface area contributed by atoms with Gasteiger partial charge in [0.25, 0.3) is 0 Å². The summed E-state index contributed by atoms with van der Waals surface area (Å²) < 4.78 is 1.90. The van der Waals surface area contributed by atoms with Crippen molar-refractivity contribution in [3.05, 3.63) is 36.0 Å². The Morgan fingerprint density at radius 1 is 1.18 bits per heavy atom. The minimum atomic E-state index is -0.136. The average Bonchev–Trinajstić information content (AvgIpc) is 2.90. The Morgan fingerprint density at radius 3 is 2.77 bits per heavy atom. The molecule has 1 fully saturated rings. The maximum atomic E-state index is 9.65. The first-order chi connectivity index (χ1) is 10.7. The van der Waals surface area contributed by atoms with Gasteiger partial charge in [-0.2, -0.15) is 5.10 Å².